The number of aliphatic hydroxyl groups excluding tert-OH is 1. The van der Waals surface area contributed by atoms with Crippen LogP contribution in [-0.4, -0.2) is 40.7 Å². The lowest BCUT2D eigenvalue weighted by atomic mass is 10.1. The normalized spacial score (nSPS) is 15.0. The molecule has 0 heterocycles. The summed E-state index contributed by atoms with van der Waals surface area (Å²) in [6.07, 6.45) is -7.24. The van der Waals surface area contributed by atoms with Crippen molar-refractivity contribution in [2.24, 2.45) is 0 Å². The molecule has 0 aliphatic rings. The van der Waals surface area contributed by atoms with Gasteiger partial charge in [-0.15, -0.1) is 0 Å². The van der Waals surface area contributed by atoms with E-state index in [2.05, 4.69) is 0 Å². The fourth-order valence-corrected chi connectivity index (χ4v) is 1.56. The highest BCUT2D eigenvalue weighted by Crippen LogP contribution is 2.56. The highest BCUT2D eigenvalue weighted by molar-refractivity contribution is 8.00. The van der Waals surface area contributed by atoms with Gasteiger partial charge >= 0.3 is 23.3 Å². The van der Waals surface area contributed by atoms with Crippen molar-refractivity contribution in [1.29, 1.82) is 0 Å². The Morgan fingerprint density at radius 1 is 0.778 bits per heavy atom. The van der Waals surface area contributed by atoms with Crippen molar-refractivity contribution in [3.05, 3.63) is 0 Å². The summed E-state index contributed by atoms with van der Waals surface area (Å²) in [6, 6.07) is 0. The lowest BCUT2D eigenvalue weighted by Gasteiger charge is -2.33. The molecule has 0 aromatic heterocycles. The molecule has 0 radical (unpaired) electrons. The van der Waals surface area contributed by atoms with E-state index in [1.807, 2.05) is 0 Å². The van der Waals surface area contributed by atoms with Gasteiger partial charge < -0.3 is 5.11 Å². The van der Waals surface area contributed by atoms with Crippen LogP contribution in [0.4, 0.5) is 39.5 Å². The van der Waals surface area contributed by atoms with Gasteiger partial charge in [0.1, 0.15) is 0 Å². The highest BCUT2D eigenvalue weighted by Gasteiger charge is 2.81. The second kappa shape index (κ2) is 5.35. The Morgan fingerprint density at radius 2 is 1.22 bits per heavy atom. The lowest BCUT2D eigenvalue weighted by Crippen LogP contribution is -2.59. The van der Waals surface area contributed by atoms with Crippen LogP contribution >= 0.6 is 11.8 Å². The van der Waals surface area contributed by atoms with Gasteiger partial charge in [0.15, 0.2) is 0 Å². The van der Waals surface area contributed by atoms with E-state index in [0.29, 0.717) is 0 Å². The van der Waals surface area contributed by atoms with Gasteiger partial charge in [-0.2, -0.15) is 39.5 Å². The zero-order valence-electron chi connectivity index (χ0n) is 8.38. The topological polar surface area (TPSA) is 20.2 Å². The van der Waals surface area contributed by atoms with Crippen LogP contribution in [0.15, 0.2) is 0 Å². The van der Waals surface area contributed by atoms with Gasteiger partial charge in [-0.3, -0.25) is 0 Å². The lowest BCUT2D eigenvalue weighted by molar-refractivity contribution is -0.381. The minimum absolute atomic E-state index is 0.450. The van der Waals surface area contributed by atoms with Crippen LogP contribution in [0.25, 0.3) is 0 Å². The van der Waals surface area contributed by atoms with Crippen LogP contribution in [0.3, 0.4) is 0 Å². The number of alkyl halides is 9. The van der Waals surface area contributed by atoms with E-state index in [9.17, 15) is 39.5 Å². The molecule has 0 aliphatic carbocycles. The minimum Gasteiger partial charge on any atom is -0.396 e. The number of hydrogen-bond acceptors (Lipinski definition) is 2. The molecule has 0 saturated heterocycles. The molecule has 0 amide bonds. The first kappa shape index (κ1) is 17.7. The molecule has 0 unspecified atom stereocenters. The number of hydrogen-bond donors (Lipinski definition) is 1. The Morgan fingerprint density at radius 3 is 1.56 bits per heavy atom. The van der Waals surface area contributed by atoms with Crippen LogP contribution in [0.1, 0.15) is 6.42 Å². The molecule has 0 aliphatic heterocycles. The number of aliphatic hydroxyl groups is 1. The fourth-order valence-electron chi connectivity index (χ4n) is 0.716. The molecule has 0 aromatic rings. The molecule has 1 nitrogen and oxygen atoms in total. The van der Waals surface area contributed by atoms with Crippen molar-refractivity contribution < 1.29 is 44.6 Å². The van der Waals surface area contributed by atoms with Gasteiger partial charge in [-0.25, -0.2) is 0 Å². The molecule has 0 spiro atoms. The third-order valence-electron chi connectivity index (χ3n) is 1.70. The summed E-state index contributed by atoms with van der Waals surface area (Å²) in [5, 5.41) is 2.57. The minimum atomic E-state index is -6.85. The Kier molecular flexibility index (Phi) is 5.26. The van der Waals surface area contributed by atoms with Gasteiger partial charge in [-0.1, -0.05) is 11.8 Å². The Hall–Kier alpha value is -0.320. The molecule has 0 rings (SSSR count). The second-order valence-electron chi connectivity index (χ2n) is 3.09. The van der Waals surface area contributed by atoms with Crippen LogP contribution in [0, 0.1) is 0 Å². The monoisotopic (exact) mass is 310 g/mol. The maximum Gasteiger partial charge on any atom is 0.460 e. The van der Waals surface area contributed by atoms with Crippen molar-refractivity contribution in [1.82, 2.24) is 0 Å². The first-order chi connectivity index (χ1) is 7.81. The van der Waals surface area contributed by atoms with Crippen molar-refractivity contribution in [3.63, 3.8) is 0 Å². The van der Waals surface area contributed by atoms with Crippen molar-refractivity contribution in [2.75, 3.05) is 12.4 Å². The van der Waals surface area contributed by atoms with E-state index in [4.69, 9.17) is 5.11 Å². The SMILES string of the molecule is OCCCSC(F)(F)C(F)(F)C(F)(F)C(F)(F)F. The standard InChI is InChI=1S/C7H7F9OS/c8-4(9,6(12,13)14)5(10,11)7(15,16)18-3-1-2-17/h17H,1-3H2. The third-order valence-corrected chi connectivity index (χ3v) is 2.81. The fraction of sp³-hybridized carbons (Fsp3) is 1.00. The van der Waals surface area contributed by atoms with Gasteiger partial charge in [0, 0.05) is 12.4 Å². The predicted octanol–water partition coefficient (Wildman–Crippen LogP) is 3.53. The smallest absolute Gasteiger partial charge is 0.396 e. The van der Waals surface area contributed by atoms with Gasteiger partial charge in [0.25, 0.3) is 0 Å². The Bertz CT molecular complexity index is 275. The molecule has 0 atom stereocenters. The number of thioether (sulfide) groups is 1. The first-order valence-electron chi connectivity index (χ1n) is 4.26. The molecule has 18 heavy (non-hydrogen) atoms. The van der Waals surface area contributed by atoms with E-state index >= 15 is 0 Å². The first-order valence-corrected chi connectivity index (χ1v) is 5.25. The summed E-state index contributed by atoms with van der Waals surface area (Å²) in [5.74, 6) is -14.3. The van der Waals surface area contributed by atoms with Crippen molar-refractivity contribution in [2.45, 2.75) is 29.7 Å². The molecule has 0 fully saturated rings. The van der Waals surface area contributed by atoms with Crippen LogP contribution < -0.4 is 0 Å². The molecule has 0 bridgehead atoms. The number of rotatable bonds is 6. The molecule has 11 heteroatoms. The molecule has 0 aromatic carbocycles. The summed E-state index contributed by atoms with van der Waals surface area (Å²) in [6.45, 7) is -0.690. The zero-order valence-corrected chi connectivity index (χ0v) is 9.19. The summed E-state index contributed by atoms with van der Waals surface area (Å²) in [7, 11) is 0. The summed E-state index contributed by atoms with van der Waals surface area (Å²) in [4.78, 5) is 0. The summed E-state index contributed by atoms with van der Waals surface area (Å²) < 4.78 is 110. The van der Waals surface area contributed by atoms with E-state index < -0.39 is 53.8 Å². The van der Waals surface area contributed by atoms with Crippen LogP contribution in [-0.2, 0) is 0 Å². The van der Waals surface area contributed by atoms with E-state index in [1.54, 1.807) is 0 Å². The van der Waals surface area contributed by atoms with Gasteiger partial charge in [0.2, 0.25) is 0 Å². The molecule has 1 N–H and O–H groups in total. The van der Waals surface area contributed by atoms with Crippen molar-refractivity contribution in [3.8, 4) is 0 Å². The summed E-state index contributed by atoms with van der Waals surface area (Å²) >= 11 is -1.07. The molecule has 110 valence electrons. The number of halogens is 9. The third kappa shape index (κ3) is 3.16. The van der Waals surface area contributed by atoms with Crippen molar-refractivity contribution >= 4 is 11.8 Å². The second-order valence-corrected chi connectivity index (χ2v) is 4.30. The maximum atomic E-state index is 12.7. The average molecular weight is 310 g/mol. The average Bonchev–Trinajstić information content (AvgIpc) is 2.15. The molecule has 0 saturated carbocycles. The van der Waals surface area contributed by atoms with Gasteiger partial charge in [0.05, 0.1) is 0 Å². The van der Waals surface area contributed by atoms with E-state index in [1.165, 1.54) is 0 Å². The Labute approximate surface area is 99.3 Å². The van der Waals surface area contributed by atoms with E-state index in [0.717, 1.165) is 0 Å². The highest BCUT2D eigenvalue weighted by atomic mass is 32.2. The largest absolute Gasteiger partial charge is 0.460 e. The van der Waals surface area contributed by atoms with Gasteiger partial charge in [-0.05, 0) is 6.42 Å². The maximum absolute atomic E-state index is 12.7. The quantitative estimate of drug-likeness (QED) is 0.598. The Balaban J connectivity index is 5.11. The summed E-state index contributed by atoms with van der Waals surface area (Å²) in [5.41, 5.74) is 0. The van der Waals surface area contributed by atoms with Crippen LogP contribution in [0.5, 0.6) is 0 Å². The molecular formula is C7H7F9OS. The van der Waals surface area contributed by atoms with E-state index in [-0.39, 0.29) is 0 Å². The predicted molar refractivity (Wildman–Crippen MR) is 45.1 cm³/mol. The zero-order chi connectivity index (χ0) is 14.8. The van der Waals surface area contributed by atoms with Crippen LogP contribution in [0.2, 0.25) is 0 Å². The molecular weight excluding hydrogens is 303 g/mol.